The van der Waals surface area contributed by atoms with Crippen molar-refractivity contribution in [3.05, 3.63) is 63.1 Å². The zero-order valence-electron chi connectivity index (χ0n) is 17.8. The predicted molar refractivity (Wildman–Crippen MR) is 125 cm³/mol. The number of nitrogens with one attached hydrogen (secondary N) is 1. The van der Waals surface area contributed by atoms with Crippen molar-refractivity contribution in [1.29, 1.82) is 0 Å². The molecule has 3 N–H and O–H groups in total. The highest BCUT2D eigenvalue weighted by Crippen LogP contribution is 2.32. The monoisotopic (exact) mass is 470 g/mol. The van der Waals surface area contributed by atoms with Crippen molar-refractivity contribution < 1.29 is 4.79 Å². The highest BCUT2D eigenvalue weighted by Gasteiger charge is 2.41. The maximum atomic E-state index is 12.7. The summed E-state index contributed by atoms with van der Waals surface area (Å²) in [6.45, 7) is 10.3. The number of fused-ring (bicyclic) bond motifs is 1. The van der Waals surface area contributed by atoms with Crippen LogP contribution in [-0.4, -0.2) is 48.4 Å². The lowest BCUT2D eigenvalue weighted by Crippen LogP contribution is -2.38. The fourth-order valence-electron chi connectivity index (χ4n) is 4.83. The van der Waals surface area contributed by atoms with Gasteiger partial charge in [0.2, 0.25) is 5.91 Å². The fourth-order valence-corrected chi connectivity index (χ4v) is 5.24. The quantitative estimate of drug-likeness (QED) is 0.635. The lowest BCUT2D eigenvalue weighted by molar-refractivity contribution is -0.129. The van der Waals surface area contributed by atoms with Crippen LogP contribution in [0.25, 0.3) is 0 Å². The Morgan fingerprint density at radius 3 is 2.50 bits per heavy atom. The minimum absolute atomic E-state index is 0.193. The van der Waals surface area contributed by atoms with Gasteiger partial charge in [0.05, 0.1) is 6.54 Å². The van der Waals surface area contributed by atoms with Crippen LogP contribution in [0.15, 0.2) is 40.9 Å². The molecule has 2 atom stereocenters. The molecule has 2 aromatic carbocycles. The molecule has 0 radical (unpaired) electrons. The number of nitrogens with two attached hydrogens (primary N) is 1. The van der Waals surface area contributed by atoms with E-state index in [4.69, 9.17) is 5.73 Å². The zero-order chi connectivity index (χ0) is 21.3. The highest BCUT2D eigenvalue weighted by molar-refractivity contribution is 9.10. The second-order valence-corrected chi connectivity index (χ2v) is 9.81. The average Bonchev–Trinajstić information content (AvgIpc) is 3.25. The summed E-state index contributed by atoms with van der Waals surface area (Å²) in [7, 11) is 0. The Hall–Kier alpha value is -1.89. The van der Waals surface area contributed by atoms with Crippen LogP contribution in [0, 0.1) is 25.7 Å². The van der Waals surface area contributed by atoms with Crippen molar-refractivity contribution in [2.24, 2.45) is 11.8 Å². The Kier molecular flexibility index (Phi) is 6.46. The topological polar surface area (TPSA) is 61.6 Å². The Bertz CT molecular complexity index is 917. The van der Waals surface area contributed by atoms with E-state index < -0.39 is 0 Å². The summed E-state index contributed by atoms with van der Waals surface area (Å²) in [6.07, 6.45) is 0. The zero-order valence-corrected chi connectivity index (χ0v) is 19.4. The third-order valence-electron chi connectivity index (χ3n) is 6.50. The molecule has 4 rings (SSSR count). The van der Waals surface area contributed by atoms with E-state index in [9.17, 15) is 4.79 Å². The minimum atomic E-state index is 0.193. The number of hydrogen-bond donors (Lipinski definition) is 2. The molecule has 2 aromatic rings. The molecule has 160 valence electrons. The number of likely N-dealkylation sites (tertiary alicyclic amines) is 2. The molecule has 2 aliphatic rings. The molecule has 0 aromatic heterocycles. The van der Waals surface area contributed by atoms with Crippen molar-refractivity contribution in [3.63, 3.8) is 0 Å². The Morgan fingerprint density at radius 2 is 1.80 bits per heavy atom. The summed E-state index contributed by atoms with van der Waals surface area (Å²) in [5.74, 6) is 1.39. The summed E-state index contributed by atoms with van der Waals surface area (Å²) in [5.41, 5.74) is 11.9. The third-order valence-corrected chi connectivity index (χ3v) is 7.00. The van der Waals surface area contributed by atoms with Crippen molar-refractivity contribution in [3.8, 4) is 0 Å². The average molecular weight is 471 g/mol. The van der Waals surface area contributed by atoms with Crippen LogP contribution in [0.4, 0.5) is 5.69 Å². The summed E-state index contributed by atoms with van der Waals surface area (Å²) < 4.78 is 0.998. The SMILES string of the molecule is Cc1ccc(CN2CC3CN(C(=O)CNCc4cc(Br)ccc4N)CC3C2)c(C)c1. The molecule has 0 aliphatic carbocycles. The van der Waals surface area contributed by atoms with Crippen LogP contribution in [0.3, 0.4) is 0 Å². The maximum absolute atomic E-state index is 12.7. The number of anilines is 1. The second kappa shape index (κ2) is 9.08. The molecule has 1 amide bonds. The van der Waals surface area contributed by atoms with Crippen LogP contribution in [-0.2, 0) is 17.9 Å². The number of hydrogen-bond acceptors (Lipinski definition) is 4. The predicted octanol–water partition coefficient (Wildman–Crippen LogP) is 3.33. The molecular weight excluding hydrogens is 440 g/mol. The van der Waals surface area contributed by atoms with Crippen LogP contribution in [0.2, 0.25) is 0 Å². The molecule has 2 unspecified atom stereocenters. The summed E-state index contributed by atoms with van der Waals surface area (Å²) in [4.78, 5) is 17.3. The van der Waals surface area contributed by atoms with E-state index in [1.165, 1.54) is 16.7 Å². The number of aryl methyl sites for hydroxylation is 2. The number of nitrogens with zero attached hydrogens (tertiary/aromatic N) is 2. The molecule has 5 nitrogen and oxygen atoms in total. The number of amides is 1. The van der Waals surface area contributed by atoms with E-state index in [0.29, 0.717) is 24.9 Å². The first-order valence-corrected chi connectivity index (χ1v) is 11.5. The summed E-state index contributed by atoms with van der Waals surface area (Å²) in [6, 6.07) is 12.5. The minimum Gasteiger partial charge on any atom is -0.398 e. The van der Waals surface area contributed by atoms with E-state index in [0.717, 1.165) is 48.4 Å². The van der Waals surface area contributed by atoms with Crippen molar-refractivity contribution in [1.82, 2.24) is 15.1 Å². The normalized spacial score (nSPS) is 21.2. The fraction of sp³-hybridized carbons (Fsp3) is 0.458. The van der Waals surface area contributed by atoms with Crippen molar-refractivity contribution in [2.75, 3.05) is 38.5 Å². The summed E-state index contributed by atoms with van der Waals surface area (Å²) in [5, 5.41) is 3.26. The van der Waals surface area contributed by atoms with Gasteiger partial charge in [0, 0.05) is 49.4 Å². The molecule has 0 bridgehead atoms. The molecule has 2 heterocycles. The number of nitrogen functional groups attached to an aromatic ring is 1. The van der Waals surface area contributed by atoms with Crippen LogP contribution in [0.5, 0.6) is 0 Å². The molecule has 0 saturated carbocycles. The van der Waals surface area contributed by atoms with E-state index >= 15 is 0 Å². The lowest BCUT2D eigenvalue weighted by atomic mass is 10.0. The molecule has 6 heteroatoms. The van der Waals surface area contributed by atoms with Gasteiger partial charge >= 0.3 is 0 Å². The van der Waals surface area contributed by atoms with Gasteiger partial charge in [-0.05, 0) is 60.6 Å². The van der Waals surface area contributed by atoms with Gasteiger partial charge in [0.1, 0.15) is 0 Å². The van der Waals surface area contributed by atoms with E-state index in [2.05, 4.69) is 58.2 Å². The first-order valence-electron chi connectivity index (χ1n) is 10.7. The van der Waals surface area contributed by atoms with Gasteiger partial charge in [-0.3, -0.25) is 9.69 Å². The first-order chi connectivity index (χ1) is 14.4. The van der Waals surface area contributed by atoms with Gasteiger partial charge in [0.25, 0.3) is 0 Å². The largest absolute Gasteiger partial charge is 0.398 e. The smallest absolute Gasteiger partial charge is 0.236 e. The number of carbonyl (C=O) groups excluding carboxylic acids is 1. The molecule has 2 aliphatic heterocycles. The maximum Gasteiger partial charge on any atom is 0.236 e. The summed E-state index contributed by atoms with van der Waals surface area (Å²) >= 11 is 3.47. The number of carbonyl (C=O) groups is 1. The second-order valence-electron chi connectivity index (χ2n) is 8.89. The van der Waals surface area contributed by atoms with E-state index in [1.54, 1.807) is 0 Å². The Labute approximate surface area is 187 Å². The van der Waals surface area contributed by atoms with Gasteiger partial charge < -0.3 is 16.0 Å². The van der Waals surface area contributed by atoms with E-state index in [1.807, 2.05) is 23.1 Å². The number of benzene rings is 2. The van der Waals surface area contributed by atoms with Crippen molar-refractivity contribution in [2.45, 2.75) is 26.9 Å². The Balaban J connectivity index is 1.23. The van der Waals surface area contributed by atoms with Gasteiger partial charge in [0.15, 0.2) is 0 Å². The van der Waals surface area contributed by atoms with Crippen LogP contribution in [0.1, 0.15) is 22.3 Å². The first kappa shape index (κ1) is 21.3. The van der Waals surface area contributed by atoms with Crippen LogP contribution >= 0.6 is 15.9 Å². The van der Waals surface area contributed by atoms with Gasteiger partial charge in [-0.1, -0.05) is 39.7 Å². The van der Waals surface area contributed by atoms with Gasteiger partial charge in [-0.25, -0.2) is 0 Å². The molecule has 2 saturated heterocycles. The number of rotatable bonds is 6. The number of halogens is 1. The van der Waals surface area contributed by atoms with Crippen molar-refractivity contribution >= 4 is 27.5 Å². The Morgan fingerprint density at radius 1 is 1.07 bits per heavy atom. The molecule has 2 fully saturated rings. The third kappa shape index (κ3) is 4.88. The standard InChI is InChI=1S/C24H31BrN4O/c1-16-3-4-18(17(2)7-16)11-28-12-20-14-29(15-21(20)13-28)24(30)10-27-9-19-8-22(25)5-6-23(19)26/h3-8,20-21,27H,9-15,26H2,1-2H3. The molecular formula is C24H31BrN4O. The van der Waals surface area contributed by atoms with E-state index in [-0.39, 0.29) is 5.91 Å². The van der Waals surface area contributed by atoms with Gasteiger partial charge in [-0.2, -0.15) is 0 Å². The lowest BCUT2D eigenvalue weighted by Gasteiger charge is -2.22. The van der Waals surface area contributed by atoms with Gasteiger partial charge in [-0.15, -0.1) is 0 Å². The highest BCUT2D eigenvalue weighted by atomic mass is 79.9. The molecule has 30 heavy (non-hydrogen) atoms. The van der Waals surface area contributed by atoms with Crippen LogP contribution < -0.4 is 11.1 Å². The molecule has 0 spiro atoms.